The molecular weight excluding hydrogens is 214 g/mol. The number of rotatable bonds is 2. The number of ether oxygens (including phenoxy) is 1. The normalized spacial score (nSPS) is 10.2. The molecule has 78 valence electrons. The summed E-state index contributed by atoms with van der Waals surface area (Å²) in [5.41, 5.74) is 6.79. The average molecular weight is 223 g/mol. The summed E-state index contributed by atoms with van der Waals surface area (Å²) in [7, 11) is 1.36. The van der Waals surface area contributed by atoms with Gasteiger partial charge in [-0.05, 0) is 6.07 Å². The van der Waals surface area contributed by atoms with E-state index < -0.39 is 0 Å². The lowest BCUT2D eigenvalue weighted by Gasteiger charge is -1.92. The number of carbonyl (C=O) groups is 1. The van der Waals surface area contributed by atoms with Gasteiger partial charge in [0.05, 0.1) is 29.4 Å². The first-order chi connectivity index (χ1) is 7.20. The van der Waals surface area contributed by atoms with Gasteiger partial charge in [0.15, 0.2) is 5.95 Å². The number of aromatic nitrogens is 2. The molecule has 0 amide bonds. The molecule has 15 heavy (non-hydrogen) atoms. The van der Waals surface area contributed by atoms with E-state index in [1.165, 1.54) is 18.4 Å². The first-order valence-corrected chi connectivity index (χ1v) is 5.06. The van der Waals surface area contributed by atoms with Crippen LogP contribution in [0.1, 0.15) is 10.4 Å². The van der Waals surface area contributed by atoms with Gasteiger partial charge >= 0.3 is 5.97 Å². The molecule has 0 aliphatic carbocycles. The third kappa shape index (κ3) is 1.84. The number of nitrogens with zero attached hydrogens (tertiary/aromatic N) is 1. The topological polar surface area (TPSA) is 81.0 Å². The van der Waals surface area contributed by atoms with Crippen molar-refractivity contribution >= 4 is 23.3 Å². The molecule has 0 aromatic carbocycles. The van der Waals surface area contributed by atoms with Crippen molar-refractivity contribution in [1.82, 2.24) is 9.97 Å². The number of thiophene rings is 1. The maximum Gasteiger partial charge on any atom is 0.338 e. The number of nitrogens with one attached hydrogen (secondary N) is 1. The highest BCUT2D eigenvalue weighted by Crippen LogP contribution is 2.26. The van der Waals surface area contributed by atoms with Gasteiger partial charge < -0.3 is 15.5 Å². The average Bonchev–Trinajstić information content (AvgIpc) is 2.84. The second-order valence-electron chi connectivity index (χ2n) is 2.87. The van der Waals surface area contributed by atoms with Crippen LogP contribution in [0.2, 0.25) is 0 Å². The van der Waals surface area contributed by atoms with Crippen molar-refractivity contribution in [1.29, 1.82) is 0 Å². The molecule has 0 unspecified atom stereocenters. The zero-order chi connectivity index (χ0) is 10.8. The van der Waals surface area contributed by atoms with Crippen LogP contribution in [-0.4, -0.2) is 23.0 Å². The molecule has 0 aliphatic heterocycles. The Hall–Kier alpha value is -1.82. The van der Waals surface area contributed by atoms with Crippen molar-refractivity contribution in [3.63, 3.8) is 0 Å². The minimum atomic E-state index is -0.343. The summed E-state index contributed by atoms with van der Waals surface area (Å²) in [6.07, 6.45) is 1.63. The molecule has 0 saturated heterocycles. The molecule has 0 spiro atoms. The smallest absolute Gasteiger partial charge is 0.338 e. The molecule has 2 aromatic heterocycles. The number of H-pyrrole nitrogens is 1. The van der Waals surface area contributed by atoms with E-state index in [4.69, 9.17) is 5.73 Å². The van der Waals surface area contributed by atoms with Crippen molar-refractivity contribution in [2.75, 3.05) is 12.8 Å². The molecule has 6 heteroatoms. The number of esters is 1. The molecule has 0 atom stereocenters. The van der Waals surface area contributed by atoms with Gasteiger partial charge in [-0.25, -0.2) is 9.78 Å². The van der Waals surface area contributed by atoms with Crippen molar-refractivity contribution in [3.8, 4) is 10.6 Å². The van der Waals surface area contributed by atoms with E-state index in [1.54, 1.807) is 17.6 Å². The van der Waals surface area contributed by atoms with Gasteiger partial charge in [0.1, 0.15) is 0 Å². The Kier molecular flexibility index (Phi) is 2.42. The van der Waals surface area contributed by atoms with Crippen LogP contribution in [0, 0.1) is 0 Å². The molecule has 0 radical (unpaired) electrons. The third-order valence-corrected chi connectivity index (χ3v) is 2.84. The highest BCUT2D eigenvalue weighted by molar-refractivity contribution is 7.13. The number of hydrogen-bond acceptors (Lipinski definition) is 5. The number of nitrogens with two attached hydrogens (primary N) is 1. The Bertz CT molecular complexity index is 489. The molecule has 2 aromatic rings. The lowest BCUT2D eigenvalue weighted by molar-refractivity contribution is 0.0601. The van der Waals surface area contributed by atoms with Crippen LogP contribution in [0.3, 0.4) is 0 Å². The van der Waals surface area contributed by atoms with E-state index in [0.717, 1.165) is 10.6 Å². The fourth-order valence-corrected chi connectivity index (χ4v) is 2.01. The predicted octanol–water partition coefficient (Wildman–Crippen LogP) is 1.51. The first-order valence-electron chi connectivity index (χ1n) is 4.18. The van der Waals surface area contributed by atoms with Crippen LogP contribution < -0.4 is 5.73 Å². The van der Waals surface area contributed by atoms with Crippen LogP contribution >= 0.6 is 11.3 Å². The molecule has 0 bridgehead atoms. The summed E-state index contributed by atoms with van der Waals surface area (Å²) >= 11 is 1.43. The summed E-state index contributed by atoms with van der Waals surface area (Å²) in [4.78, 5) is 18.9. The number of imidazole rings is 1. The standard InChI is InChI=1S/C9H9N3O2S/c1-14-8(13)5-2-7(15-4-5)6-3-11-9(10)12-6/h2-4H,1H3,(H3,10,11,12). The molecular formula is C9H9N3O2S. The lowest BCUT2D eigenvalue weighted by Crippen LogP contribution is -1.98. The van der Waals surface area contributed by atoms with Gasteiger partial charge in [0.2, 0.25) is 0 Å². The number of hydrogen-bond donors (Lipinski definition) is 2. The Morgan fingerprint density at radius 2 is 2.47 bits per heavy atom. The van der Waals surface area contributed by atoms with Gasteiger partial charge in [-0.1, -0.05) is 0 Å². The van der Waals surface area contributed by atoms with Crippen LogP contribution in [-0.2, 0) is 4.74 Å². The maximum atomic E-state index is 11.2. The van der Waals surface area contributed by atoms with E-state index >= 15 is 0 Å². The lowest BCUT2D eigenvalue weighted by atomic mass is 10.3. The fraction of sp³-hybridized carbons (Fsp3) is 0.111. The molecule has 2 rings (SSSR count). The Balaban J connectivity index is 2.31. The van der Waals surface area contributed by atoms with Crippen molar-refractivity contribution < 1.29 is 9.53 Å². The summed E-state index contributed by atoms with van der Waals surface area (Å²) in [6.45, 7) is 0. The summed E-state index contributed by atoms with van der Waals surface area (Å²) in [6, 6.07) is 1.74. The van der Waals surface area contributed by atoms with E-state index in [1.807, 2.05) is 0 Å². The minimum absolute atomic E-state index is 0.343. The SMILES string of the molecule is COC(=O)c1csc(-c2cnc(N)[nH]2)c1. The fourth-order valence-electron chi connectivity index (χ4n) is 1.16. The largest absolute Gasteiger partial charge is 0.465 e. The Morgan fingerprint density at radius 1 is 1.67 bits per heavy atom. The minimum Gasteiger partial charge on any atom is -0.465 e. The van der Waals surface area contributed by atoms with Crippen LogP contribution in [0.4, 0.5) is 5.95 Å². The molecule has 3 N–H and O–H groups in total. The maximum absolute atomic E-state index is 11.2. The zero-order valence-corrected chi connectivity index (χ0v) is 8.80. The zero-order valence-electron chi connectivity index (χ0n) is 7.98. The van der Waals surface area contributed by atoms with Crippen LogP contribution in [0.15, 0.2) is 17.6 Å². The van der Waals surface area contributed by atoms with E-state index in [0.29, 0.717) is 11.5 Å². The van der Waals surface area contributed by atoms with Gasteiger partial charge in [0, 0.05) is 5.38 Å². The van der Waals surface area contributed by atoms with E-state index in [9.17, 15) is 4.79 Å². The second kappa shape index (κ2) is 3.74. The molecule has 0 aliphatic rings. The van der Waals surface area contributed by atoms with Crippen molar-refractivity contribution in [2.45, 2.75) is 0 Å². The number of carbonyl (C=O) groups excluding carboxylic acids is 1. The van der Waals surface area contributed by atoms with E-state index in [-0.39, 0.29) is 5.97 Å². The molecule has 2 heterocycles. The van der Waals surface area contributed by atoms with Gasteiger partial charge in [-0.15, -0.1) is 11.3 Å². The van der Waals surface area contributed by atoms with Gasteiger partial charge in [-0.2, -0.15) is 0 Å². The quantitative estimate of drug-likeness (QED) is 0.756. The Morgan fingerprint density at radius 3 is 3.07 bits per heavy atom. The van der Waals surface area contributed by atoms with Gasteiger partial charge in [-0.3, -0.25) is 0 Å². The third-order valence-electron chi connectivity index (χ3n) is 1.88. The highest BCUT2D eigenvalue weighted by Gasteiger charge is 2.10. The molecule has 0 fully saturated rings. The van der Waals surface area contributed by atoms with Crippen LogP contribution in [0.5, 0.6) is 0 Å². The van der Waals surface area contributed by atoms with Gasteiger partial charge in [0.25, 0.3) is 0 Å². The second-order valence-corrected chi connectivity index (χ2v) is 3.78. The summed E-state index contributed by atoms with van der Waals surface area (Å²) in [5, 5.41) is 1.73. The Labute approximate surface area is 89.9 Å². The highest BCUT2D eigenvalue weighted by atomic mass is 32.1. The summed E-state index contributed by atoms with van der Waals surface area (Å²) < 4.78 is 4.61. The number of anilines is 1. The number of aromatic amines is 1. The molecule has 0 saturated carbocycles. The first kappa shape index (κ1) is 9.72. The number of nitrogen functional groups attached to an aromatic ring is 1. The molecule has 5 nitrogen and oxygen atoms in total. The van der Waals surface area contributed by atoms with E-state index in [2.05, 4.69) is 14.7 Å². The van der Waals surface area contributed by atoms with Crippen LogP contribution in [0.25, 0.3) is 10.6 Å². The monoisotopic (exact) mass is 223 g/mol. The summed E-state index contributed by atoms with van der Waals surface area (Å²) in [5.74, 6) is 0.0167. The van der Waals surface area contributed by atoms with Crippen molar-refractivity contribution in [3.05, 3.63) is 23.2 Å². The number of methoxy groups -OCH3 is 1. The predicted molar refractivity (Wildman–Crippen MR) is 57.7 cm³/mol. The van der Waals surface area contributed by atoms with Crippen molar-refractivity contribution in [2.24, 2.45) is 0 Å².